The fourth-order valence-electron chi connectivity index (χ4n) is 12.9. The number of nitrogens with two attached hydrogens (primary N) is 4. The number of rotatable bonds is 4. The van der Waals surface area contributed by atoms with E-state index in [-0.39, 0.29) is 68.1 Å². The van der Waals surface area contributed by atoms with Gasteiger partial charge in [-0.05, 0) is 29.7 Å². The zero-order chi connectivity index (χ0) is 67.9. The molecule has 20 atom stereocenters. The number of pyridine rings is 1. The minimum absolute atomic E-state index is 0.000226. The number of aromatic amines is 2. The highest BCUT2D eigenvalue weighted by Gasteiger charge is 2.85. The predicted octanol–water partition coefficient (Wildman–Crippen LogP) is 0.461. The third-order valence-corrected chi connectivity index (χ3v) is 22.5. The van der Waals surface area contributed by atoms with Crippen LogP contribution in [0.5, 0.6) is 0 Å². The number of phosphoric acid groups is 2. The van der Waals surface area contributed by atoms with Crippen LogP contribution >= 0.6 is 29.1 Å². The van der Waals surface area contributed by atoms with Gasteiger partial charge in [0, 0.05) is 19.0 Å². The van der Waals surface area contributed by atoms with E-state index in [1.54, 1.807) is 0 Å². The summed E-state index contributed by atoms with van der Waals surface area (Å²) in [6.07, 6.45) is -18.4. The number of hydrogen-bond donors (Lipinski definition) is 11. The van der Waals surface area contributed by atoms with E-state index in [0.29, 0.717) is 0 Å². The molecule has 0 aromatic carbocycles. The van der Waals surface area contributed by atoms with Gasteiger partial charge in [0.15, 0.2) is 70.5 Å². The quantitative estimate of drug-likeness (QED) is 0.0842. The first kappa shape index (κ1) is 65.7. The van der Waals surface area contributed by atoms with E-state index in [9.17, 15) is 43.4 Å². The molecule has 8 aromatic rings. The minimum Gasteiger partial charge on any atom is -0.397 e. The van der Waals surface area contributed by atoms with Crippen molar-refractivity contribution in [2.24, 2.45) is 10.8 Å². The molecule has 0 radical (unpaired) electrons. The maximum absolute atomic E-state index is 16.2. The highest BCUT2D eigenvalue weighted by atomic mass is 32.5. The van der Waals surface area contributed by atoms with E-state index in [1.807, 2.05) is 0 Å². The van der Waals surface area contributed by atoms with Crippen LogP contribution in [0.1, 0.15) is 37.8 Å². The summed E-state index contributed by atoms with van der Waals surface area (Å²) < 4.78 is 176. The van der Waals surface area contributed by atoms with Crippen LogP contribution in [0.2, 0.25) is 0 Å². The van der Waals surface area contributed by atoms with Gasteiger partial charge in [-0.25, -0.2) is 66.0 Å². The fourth-order valence-corrected chi connectivity index (χ4v) is 17.7. The number of imidazole rings is 4. The Morgan fingerprint density at radius 1 is 0.552 bits per heavy atom. The maximum Gasteiger partial charge on any atom is 0.472 e. The van der Waals surface area contributed by atoms with Crippen LogP contribution in [0, 0.1) is 10.8 Å². The van der Waals surface area contributed by atoms with Gasteiger partial charge in [0.2, 0.25) is 11.9 Å². The van der Waals surface area contributed by atoms with Crippen molar-refractivity contribution < 1.29 is 111 Å². The van der Waals surface area contributed by atoms with Crippen molar-refractivity contribution in [1.29, 1.82) is 0 Å². The van der Waals surface area contributed by atoms with Crippen LogP contribution in [-0.4, -0.2) is 197 Å². The Labute approximate surface area is 538 Å². The Morgan fingerprint density at radius 3 is 1.60 bits per heavy atom. The lowest BCUT2D eigenvalue weighted by Crippen LogP contribution is -2.37. The van der Waals surface area contributed by atoms with Crippen LogP contribution < -0.4 is 34.1 Å². The summed E-state index contributed by atoms with van der Waals surface area (Å²) >= 11 is 10.4. The van der Waals surface area contributed by atoms with E-state index >= 15 is 22.0 Å². The molecular weight excluding hydrogens is 1430 g/mol. The largest absolute Gasteiger partial charge is 0.472 e. The molecule has 8 aliphatic rings. The second-order valence-corrected chi connectivity index (χ2v) is 31.4. The van der Waals surface area contributed by atoms with Gasteiger partial charge >= 0.3 is 29.1 Å². The van der Waals surface area contributed by atoms with Gasteiger partial charge in [-0.3, -0.25) is 65.0 Å². The summed E-state index contributed by atoms with van der Waals surface area (Å²) in [4.78, 5) is 109. The Balaban J connectivity index is 0.000000158. The SMILES string of the molecule is Nc1nc2c(ncn2[C@@H]2O[C@@H]3COP(=O)(O)O[C@H]4[C@H](n5cnc6c(N)ncnc65)O[C@H](COP(=O)(O)O[C@H]3[C@H]2O)[C@]42CC2(F)F)c(=O)[nH]1.Nc1nc2c(ncn2[C@@H]2O[C@@H]3COP(O)(=S)O[C@H]4[C@H](n5cnc6c(N)ccnc65)O[C@H](COP(O)(=S)O[C@H]3[C@H]2F)[C@]42CC2(F)F)c(=O)[nH]1. The molecule has 2 aliphatic carbocycles. The number of aromatic nitrogens is 15. The zero-order valence-electron chi connectivity index (χ0n) is 47.8. The number of nitrogens with zero attached hydrogens (tertiary/aromatic N) is 13. The number of H-pyrrole nitrogens is 2. The van der Waals surface area contributed by atoms with E-state index < -0.39 is 188 Å². The number of fused-ring (bicyclic) bond motifs is 6. The molecule has 6 aliphatic heterocycles. The van der Waals surface area contributed by atoms with Crippen molar-refractivity contribution in [3.63, 3.8) is 0 Å². The molecule has 4 bridgehead atoms. The Bertz CT molecular complexity index is 4540. The Morgan fingerprint density at radius 2 is 1.01 bits per heavy atom. The second kappa shape index (κ2) is 22.7. The number of nitrogen functional groups attached to an aromatic ring is 4. The molecule has 8 aromatic heterocycles. The first-order valence-corrected chi connectivity index (χ1v) is 36.2. The van der Waals surface area contributed by atoms with Gasteiger partial charge in [0.05, 0.1) is 80.5 Å². The third kappa shape index (κ3) is 10.8. The lowest BCUT2D eigenvalue weighted by molar-refractivity contribution is -0.0673. The monoisotopic (exact) mass is 1470 g/mol. The van der Waals surface area contributed by atoms with Gasteiger partial charge in [-0.15, -0.1) is 0 Å². The van der Waals surface area contributed by atoms with Crippen LogP contribution in [0.25, 0.3) is 44.7 Å². The Kier molecular flexibility index (Phi) is 15.5. The second-order valence-electron chi connectivity index (χ2n) is 23.0. The zero-order valence-corrected chi connectivity index (χ0v) is 53.0. The molecule has 14 heterocycles. The Hall–Kier alpha value is -6.20. The lowest BCUT2D eigenvalue weighted by atomic mass is 9.94. The minimum atomic E-state index is -5.32. The number of aliphatic hydroxyl groups is 1. The maximum atomic E-state index is 16.2. The summed E-state index contributed by atoms with van der Waals surface area (Å²) in [5.41, 5.74) is 17.3. The molecule has 2 saturated carbocycles. The van der Waals surface area contributed by atoms with Gasteiger partial charge in [0.1, 0.15) is 60.1 Å². The highest BCUT2D eigenvalue weighted by molar-refractivity contribution is 8.07. The van der Waals surface area contributed by atoms with Crippen LogP contribution in [0.3, 0.4) is 0 Å². The molecule has 16 rings (SSSR count). The average molecular weight is 1470 g/mol. The number of phosphoric ester groups is 2. The fraction of sp³-hybridized carbons (Fsp3) is 0.533. The third-order valence-electron chi connectivity index (χ3n) is 17.5. The summed E-state index contributed by atoms with van der Waals surface area (Å²) in [6, 6.07) is 1.50. The number of halogens is 5. The number of anilines is 4. The number of aliphatic hydroxyl groups excluding tert-OH is 1. The van der Waals surface area contributed by atoms with Crippen molar-refractivity contribution in [3.05, 3.63) is 64.6 Å². The van der Waals surface area contributed by atoms with Crippen LogP contribution in [-0.2, 0) is 87.9 Å². The summed E-state index contributed by atoms with van der Waals surface area (Å²) in [5, 5.41) is 11.2. The molecule has 8 fully saturated rings. The predicted molar refractivity (Wildman–Crippen MR) is 313 cm³/mol. The molecule has 15 N–H and O–H groups in total. The number of alkyl halides is 5. The molecule has 0 amide bonds. The van der Waals surface area contributed by atoms with Crippen molar-refractivity contribution in [3.8, 4) is 0 Å². The first-order chi connectivity index (χ1) is 45.2. The van der Waals surface area contributed by atoms with E-state index in [1.165, 1.54) is 23.2 Å². The van der Waals surface area contributed by atoms with Gasteiger partial charge in [-0.2, -0.15) is 9.97 Å². The highest BCUT2D eigenvalue weighted by Crippen LogP contribution is 2.75. The topological polar surface area (TPSA) is 552 Å². The molecule has 2 spiro atoms. The van der Waals surface area contributed by atoms with Crippen molar-refractivity contribution in [2.45, 2.75) is 111 Å². The summed E-state index contributed by atoms with van der Waals surface area (Å²) in [5.74, 6) is -7.62. The normalized spacial score (nSPS) is 39.6. The molecule has 6 saturated heterocycles. The molecule has 51 heteroatoms. The first-order valence-electron chi connectivity index (χ1n) is 28.0. The van der Waals surface area contributed by atoms with E-state index in [0.717, 1.165) is 39.0 Å². The molecular formula is C45H48F5N19O21P4S2. The van der Waals surface area contributed by atoms with Gasteiger partial charge in [0.25, 0.3) is 23.0 Å². The van der Waals surface area contributed by atoms with Crippen molar-refractivity contribution >= 4 is 121 Å². The standard InChI is InChI=1S/C23H24F3N9O9P2S2.C22H24F2N10O12P2/c24-11-14-9(41-19(11)35-7-31-13-17(35)32-21(28)33-18(13)36)3-39-46(38,48)44-15-20(34-6-30-12-8(27)1-2-29-16(12)34)42-10(4-40-45(37,47)43-14)22(15)5-23(22,25)26;23-22(24)3-21(22)8-2-42-47(37,38)45-12-7(43-18(11(12)35)34-6-30-10-16(34)31-20(26)32-17(10)36)1-41-48(39,40)46-13(21)19(44-8)33-5-29-9-14(25)27-4-28-15(9)33/h1-2,6-7,9-11,14-15,19-20H,3-5H2,(H2,27,29)(H,37,47)(H,38,48)(H3,28,32,33,36);4-8,11-13,18-19,35H,1-3H2,(H,37,38)(H,39,40)(H2,25,27,28)(H3,26,31,32,36)/t9-,10-,11-,14-,15+,19-,20-,22-,45?,46?;7-,8-,11-,12-,13+,18-,19-,21-/m11/s1. The van der Waals surface area contributed by atoms with Crippen LogP contribution in [0.15, 0.2) is 53.5 Å². The number of hydrogen-bond acceptors (Lipinski definition) is 32. The summed E-state index contributed by atoms with van der Waals surface area (Å²) in [7, 11) is -10.6. The molecule has 96 heavy (non-hydrogen) atoms. The molecule has 4 unspecified atom stereocenters. The van der Waals surface area contributed by atoms with Gasteiger partial charge in [-0.1, -0.05) is 0 Å². The smallest absolute Gasteiger partial charge is 0.397 e. The van der Waals surface area contributed by atoms with Crippen LogP contribution in [0.4, 0.5) is 45.4 Å². The number of nitrogens with one attached hydrogen (secondary N) is 2. The van der Waals surface area contributed by atoms with E-state index in [2.05, 4.69) is 54.8 Å². The molecule has 40 nitrogen and oxygen atoms in total. The number of ether oxygens (including phenoxy) is 4. The van der Waals surface area contributed by atoms with Crippen molar-refractivity contribution in [2.75, 3.05) is 49.4 Å². The van der Waals surface area contributed by atoms with Crippen molar-refractivity contribution in [1.82, 2.24) is 73.1 Å². The molecule has 516 valence electrons. The average Bonchev–Trinajstić information content (AvgIpc) is 1.51. The summed E-state index contributed by atoms with van der Waals surface area (Å²) in [6.45, 7) is -12.4. The lowest BCUT2D eigenvalue weighted by Gasteiger charge is -2.29. The van der Waals surface area contributed by atoms with Gasteiger partial charge < -0.3 is 75.6 Å². The van der Waals surface area contributed by atoms with E-state index in [4.69, 9.17) is 102 Å².